The molecule has 0 spiro atoms. The van der Waals surface area contributed by atoms with Crippen LogP contribution < -0.4 is 5.32 Å². The summed E-state index contributed by atoms with van der Waals surface area (Å²) in [4.78, 5) is 28.2. The van der Waals surface area contributed by atoms with E-state index in [2.05, 4.69) is 51.2 Å². The van der Waals surface area contributed by atoms with Crippen molar-refractivity contribution in [3.8, 4) is 0 Å². The molecule has 2 aromatic carbocycles. The van der Waals surface area contributed by atoms with Crippen LogP contribution in [0.15, 0.2) is 82.1 Å². The van der Waals surface area contributed by atoms with Crippen molar-refractivity contribution in [1.82, 2.24) is 0 Å². The van der Waals surface area contributed by atoms with Crippen LogP contribution in [-0.2, 0) is 19.1 Å². The molecule has 2 aromatic rings. The molecule has 238 valence electrons. The van der Waals surface area contributed by atoms with E-state index in [0.29, 0.717) is 18.9 Å². The minimum atomic E-state index is -1.35. The summed E-state index contributed by atoms with van der Waals surface area (Å²) in [6, 6.07) is 16.7. The fraction of sp³-hybridized carbons (Fsp3) is 0.514. The number of rotatable bonds is 7. The molecule has 0 radical (unpaired) electrons. The van der Waals surface area contributed by atoms with Gasteiger partial charge in [-0.05, 0) is 93.9 Å². The lowest BCUT2D eigenvalue weighted by atomic mass is 9.46. The number of Topliss-reactive ketones (excluding diaryl/α,β-unsaturated/α-hetero) is 1. The first-order chi connectivity index (χ1) is 21.5. The molecule has 5 aliphatic rings. The van der Waals surface area contributed by atoms with Crippen molar-refractivity contribution in [2.45, 2.75) is 93.3 Å². The van der Waals surface area contributed by atoms with Crippen molar-refractivity contribution in [2.75, 3.05) is 11.9 Å². The molecule has 7 rings (SSSR count). The standard InChI is InChI=1S/C37H43NO6S/c1-21(2)38-24-6-5-7-27(17-24)45-26-11-8-22(9-12-26)34-43-32-18-29-28-13-10-23-16-25(40)14-15-35(23,3)33(28)30(41)19-36(29,4)37(32,44-34)31(42)20-39/h5-9,11-12,14-17,21,28-30,32-34,38-39,41H,10,13,18-20H2,1-4H3/t28-,29-,30-,32+,33+,34+,35-,36-,37+/m0/s1. The Morgan fingerprint density at radius 1 is 1.13 bits per heavy atom. The fourth-order valence-corrected chi connectivity index (χ4v) is 10.5. The molecular formula is C37H43NO6S. The Kier molecular flexibility index (Phi) is 7.68. The molecule has 0 unspecified atom stereocenters. The number of allylic oxidation sites excluding steroid dienone is 4. The van der Waals surface area contributed by atoms with E-state index in [0.717, 1.165) is 39.5 Å². The van der Waals surface area contributed by atoms with Gasteiger partial charge in [0, 0.05) is 43.8 Å². The summed E-state index contributed by atoms with van der Waals surface area (Å²) in [6.45, 7) is 7.79. The SMILES string of the molecule is CC(C)Nc1cccc(Sc2ccc([C@@H]3O[C@@H]4C[C@H]5[C@@H]6CCC7=CC(=O)C=C[C@]7(C)[C@H]6[C@@H](O)C[C@]5(C)[C@]4(C(=O)CO)O3)cc2)c1. The second kappa shape index (κ2) is 11.2. The van der Waals surface area contributed by atoms with Gasteiger partial charge < -0.3 is 25.0 Å². The van der Waals surface area contributed by atoms with E-state index in [1.54, 1.807) is 23.9 Å². The molecule has 1 saturated heterocycles. The van der Waals surface area contributed by atoms with Gasteiger partial charge in [0.2, 0.25) is 0 Å². The molecule has 0 bridgehead atoms. The Bertz CT molecular complexity index is 1570. The maximum Gasteiger partial charge on any atom is 0.193 e. The van der Waals surface area contributed by atoms with Gasteiger partial charge in [0.15, 0.2) is 23.5 Å². The zero-order valence-electron chi connectivity index (χ0n) is 26.4. The van der Waals surface area contributed by atoms with Crippen LogP contribution in [0.3, 0.4) is 0 Å². The average molecular weight is 630 g/mol. The highest BCUT2D eigenvalue weighted by Crippen LogP contribution is 2.70. The van der Waals surface area contributed by atoms with Crippen LogP contribution >= 0.6 is 11.8 Å². The number of carbonyl (C=O) groups is 2. The van der Waals surface area contributed by atoms with E-state index in [9.17, 15) is 19.8 Å². The Morgan fingerprint density at radius 3 is 2.64 bits per heavy atom. The van der Waals surface area contributed by atoms with Gasteiger partial charge in [0.05, 0.1) is 12.2 Å². The highest BCUT2D eigenvalue weighted by molar-refractivity contribution is 7.99. The summed E-state index contributed by atoms with van der Waals surface area (Å²) in [5.41, 5.74) is 0.520. The predicted molar refractivity (Wildman–Crippen MR) is 173 cm³/mol. The van der Waals surface area contributed by atoms with Crippen LogP contribution in [0.1, 0.15) is 65.2 Å². The van der Waals surface area contributed by atoms with Gasteiger partial charge in [-0.2, -0.15) is 0 Å². The van der Waals surface area contributed by atoms with E-state index < -0.39 is 41.5 Å². The number of ether oxygens (including phenoxy) is 2. The molecule has 45 heavy (non-hydrogen) atoms. The van der Waals surface area contributed by atoms with Crippen LogP contribution in [0.2, 0.25) is 0 Å². The first-order valence-electron chi connectivity index (χ1n) is 16.2. The number of hydrogen-bond donors (Lipinski definition) is 3. The van der Waals surface area contributed by atoms with Gasteiger partial charge in [-0.3, -0.25) is 9.59 Å². The summed E-state index contributed by atoms with van der Waals surface area (Å²) in [5.74, 6) is -0.242. The monoisotopic (exact) mass is 629 g/mol. The molecule has 1 heterocycles. The number of ketones is 2. The normalized spacial score (nSPS) is 38.3. The number of aliphatic hydroxyl groups excluding tert-OH is 2. The third kappa shape index (κ3) is 4.78. The zero-order valence-corrected chi connectivity index (χ0v) is 27.2. The van der Waals surface area contributed by atoms with Crippen molar-refractivity contribution < 1.29 is 29.3 Å². The molecule has 0 amide bonds. The van der Waals surface area contributed by atoms with E-state index in [-0.39, 0.29) is 29.3 Å². The summed E-state index contributed by atoms with van der Waals surface area (Å²) in [5, 5.41) is 25.6. The molecule has 3 N–H and O–H groups in total. The first-order valence-corrected chi connectivity index (χ1v) is 17.0. The number of fused-ring (bicyclic) bond motifs is 7. The summed E-state index contributed by atoms with van der Waals surface area (Å²) in [7, 11) is 0. The van der Waals surface area contributed by atoms with Gasteiger partial charge in [0.25, 0.3) is 0 Å². The van der Waals surface area contributed by atoms with E-state index in [1.807, 2.05) is 36.4 Å². The van der Waals surface area contributed by atoms with Crippen molar-refractivity contribution in [2.24, 2.45) is 28.6 Å². The minimum absolute atomic E-state index is 0.00608. The van der Waals surface area contributed by atoms with Crippen LogP contribution in [0.25, 0.3) is 0 Å². The molecule has 0 aromatic heterocycles. The molecule has 4 fully saturated rings. The highest BCUT2D eigenvalue weighted by atomic mass is 32.2. The third-order valence-corrected chi connectivity index (χ3v) is 12.5. The molecule has 8 heteroatoms. The number of benzene rings is 2. The Hall–Kier alpha value is -2.75. The quantitative estimate of drug-likeness (QED) is 0.330. The largest absolute Gasteiger partial charge is 0.393 e. The Morgan fingerprint density at radius 2 is 1.91 bits per heavy atom. The first kappa shape index (κ1) is 30.9. The number of carbonyl (C=O) groups excluding carboxylic acids is 2. The van der Waals surface area contributed by atoms with Crippen molar-refractivity contribution in [1.29, 1.82) is 0 Å². The third-order valence-electron chi connectivity index (χ3n) is 11.5. The fourth-order valence-electron chi connectivity index (χ4n) is 9.65. The maximum atomic E-state index is 13.8. The molecular weight excluding hydrogens is 586 g/mol. The second-order valence-corrected chi connectivity index (χ2v) is 15.5. The summed E-state index contributed by atoms with van der Waals surface area (Å²) < 4.78 is 13.3. The molecule has 3 saturated carbocycles. The van der Waals surface area contributed by atoms with Gasteiger partial charge in [-0.25, -0.2) is 0 Å². The lowest BCUT2D eigenvalue weighted by molar-refractivity contribution is -0.201. The van der Waals surface area contributed by atoms with Gasteiger partial charge >= 0.3 is 0 Å². The average Bonchev–Trinajstić information content (AvgIpc) is 3.50. The maximum absolute atomic E-state index is 13.8. The Labute approximate surface area is 269 Å². The highest BCUT2D eigenvalue weighted by Gasteiger charge is 2.75. The van der Waals surface area contributed by atoms with E-state index in [1.165, 1.54) is 0 Å². The van der Waals surface area contributed by atoms with E-state index >= 15 is 0 Å². The number of anilines is 1. The van der Waals surface area contributed by atoms with Crippen LogP contribution in [-0.4, -0.2) is 52.2 Å². The lowest BCUT2D eigenvalue weighted by Gasteiger charge is -2.59. The van der Waals surface area contributed by atoms with Crippen LogP contribution in [0, 0.1) is 28.6 Å². The van der Waals surface area contributed by atoms with Gasteiger partial charge in [-0.15, -0.1) is 0 Å². The molecule has 7 nitrogen and oxygen atoms in total. The van der Waals surface area contributed by atoms with Crippen LogP contribution in [0.4, 0.5) is 5.69 Å². The van der Waals surface area contributed by atoms with Gasteiger partial charge in [0.1, 0.15) is 6.61 Å². The molecule has 9 atom stereocenters. The van der Waals surface area contributed by atoms with Crippen molar-refractivity contribution in [3.05, 3.63) is 77.9 Å². The number of aliphatic hydroxyl groups is 2. The number of hydrogen-bond acceptors (Lipinski definition) is 8. The van der Waals surface area contributed by atoms with E-state index in [4.69, 9.17) is 9.47 Å². The second-order valence-electron chi connectivity index (χ2n) is 14.3. The number of nitrogens with one attached hydrogen (secondary N) is 1. The Balaban J connectivity index is 1.14. The molecule has 4 aliphatic carbocycles. The van der Waals surface area contributed by atoms with Crippen molar-refractivity contribution >= 4 is 29.0 Å². The zero-order chi connectivity index (χ0) is 31.7. The van der Waals surface area contributed by atoms with Crippen molar-refractivity contribution in [3.63, 3.8) is 0 Å². The minimum Gasteiger partial charge on any atom is -0.393 e. The van der Waals surface area contributed by atoms with Crippen LogP contribution in [0.5, 0.6) is 0 Å². The summed E-state index contributed by atoms with van der Waals surface area (Å²) >= 11 is 1.67. The predicted octanol–water partition coefficient (Wildman–Crippen LogP) is 6.26. The molecule has 1 aliphatic heterocycles. The smallest absolute Gasteiger partial charge is 0.193 e. The lowest BCUT2D eigenvalue weighted by Crippen LogP contribution is -2.63. The van der Waals surface area contributed by atoms with Gasteiger partial charge in [-0.1, -0.05) is 55.5 Å². The topological polar surface area (TPSA) is 105 Å². The summed E-state index contributed by atoms with van der Waals surface area (Å²) in [6.07, 6.45) is 6.00.